The number of benzene rings is 1. The van der Waals surface area contributed by atoms with Gasteiger partial charge in [0, 0.05) is 40.8 Å². The lowest BCUT2D eigenvalue weighted by molar-refractivity contribution is 0.787. The van der Waals surface area contributed by atoms with Crippen molar-refractivity contribution in [3.05, 3.63) is 83.3 Å². The molecule has 0 saturated carbocycles. The summed E-state index contributed by atoms with van der Waals surface area (Å²) in [5, 5.41) is 0. The van der Waals surface area contributed by atoms with E-state index in [9.17, 15) is 0 Å². The van der Waals surface area contributed by atoms with Crippen LogP contribution >= 0.6 is 11.8 Å². The van der Waals surface area contributed by atoms with E-state index in [1.807, 2.05) is 12.4 Å². The maximum Gasteiger partial charge on any atom is 0.140 e. The minimum Gasteiger partial charge on any atom is -0.322 e. The van der Waals surface area contributed by atoms with E-state index in [0.717, 1.165) is 37.3 Å². The lowest BCUT2D eigenvalue weighted by atomic mass is 9.99. The van der Waals surface area contributed by atoms with Crippen LogP contribution in [0.15, 0.2) is 71.4 Å². The van der Waals surface area contributed by atoms with Gasteiger partial charge in [-0.25, -0.2) is 4.98 Å². The van der Waals surface area contributed by atoms with Gasteiger partial charge in [0.15, 0.2) is 0 Å². The molecule has 142 valence electrons. The van der Waals surface area contributed by atoms with Crippen LogP contribution in [-0.4, -0.2) is 22.8 Å². The summed E-state index contributed by atoms with van der Waals surface area (Å²) in [6, 6.07) is 17.3. The van der Waals surface area contributed by atoms with E-state index in [2.05, 4.69) is 77.7 Å². The van der Waals surface area contributed by atoms with Gasteiger partial charge in [-0.05, 0) is 86.0 Å². The van der Waals surface area contributed by atoms with Gasteiger partial charge >= 0.3 is 0 Å². The molecule has 0 amide bonds. The summed E-state index contributed by atoms with van der Waals surface area (Å²) >= 11 is 1.78. The molecule has 4 heteroatoms. The second kappa shape index (κ2) is 8.61. The van der Waals surface area contributed by atoms with E-state index in [-0.39, 0.29) is 0 Å². The number of rotatable bonds is 6. The largest absolute Gasteiger partial charge is 0.322 e. The molecule has 1 aliphatic heterocycles. The summed E-state index contributed by atoms with van der Waals surface area (Å²) in [4.78, 5) is 12.6. The van der Waals surface area contributed by atoms with Crippen LogP contribution < -0.4 is 4.90 Å². The Labute approximate surface area is 171 Å². The van der Waals surface area contributed by atoms with Crippen molar-refractivity contribution in [3.63, 3.8) is 0 Å². The minimum atomic E-state index is 0.900. The molecule has 0 saturated heterocycles. The molecule has 1 aliphatic rings. The fraction of sp³-hybridized carbons (Fsp3) is 0.250. The lowest BCUT2D eigenvalue weighted by Gasteiger charge is -2.31. The molecule has 0 atom stereocenters. The third-order valence-corrected chi connectivity index (χ3v) is 5.82. The van der Waals surface area contributed by atoms with Crippen molar-refractivity contribution in [2.45, 2.75) is 31.1 Å². The normalized spacial score (nSPS) is 13.2. The summed E-state index contributed by atoms with van der Waals surface area (Å²) in [5.74, 6) is 1.07. The van der Waals surface area contributed by atoms with Gasteiger partial charge < -0.3 is 4.90 Å². The van der Waals surface area contributed by atoms with Crippen LogP contribution in [0.25, 0.3) is 6.08 Å². The average Bonchev–Trinajstić information content (AvgIpc) is 2.74. The van der Waals surface area contributed by atoms with E-state index < -0.39 is 0 Å². The molecular weight excluding hydrogens is 362 g/mol. The first-order valence-corrected chi connectivity index (χ1v) is 10.9. The van der Waals surface area contributed by atoms with Gasteiger partial charge in [0.2, 0.25) is 0 Å². The van der Waals surface area contributed by atoms with Crippen molar-refractivity contribution in [3.8, 4) is 0 Å². The molecule has 0 spiro atoms. The summed E-state index contributed by atoms with van der Waals surface area (Å²) in [7, 11) is 0. The third kappa shape index (κ3) is 4.28. The first-order valence-electron chi connectivity index (χ1n) is 9.70. The fourth-order valence-corrected chi connectivity index (χ4v) is 4.09. The predicted molar refractivity (Wildman–Crippen MR) is 119 cm³/mol. The Kier molecular flexibility index (Phi) is 5.77. The molecule has 4 rings (SSSR count). The summed E-state index contributed by atoms with van der Waals surface area (Å²) < 4.78 is 0. The highest BCUT2D eigenvalue weighted by molar-refractivity contribution is 7.98. The zero-order chi connectivity index (χ0) is 19.3. The maximum absolute atomic E-state index is 4.86. The van der Waals surface area contributed by atoms with Crippen LogP contribution in [0.5, 0.6) is 0 Å². The zero-order valence-corrected chi connectivity index (χ0v) is 17.2. The average molecular weight is 388 g/mol. The summed E-state index contributed by atoms with van der Waals surface area (Å²) in [5.41, 5.74) is 6.30. The molecule has 2 aromatic heterocycles. The molecule has 3 heterocycles. The molecule has 0 unspecified atom stereocenters. The number of aromatic nitrogens is 2. The molecule has 0 radical (unpaired) electrons. The van der Waals surface area contributed by atoms with Gasteiger partial charge in [-0.3, -0.25) is 4.98 Å². The number of hydrogen-bond donors (Lipinski definition) is 0. The van der Waals surface area contributed by atoms with E-state index in [1.165, 1.54) is 27.3 Å². The molecule has 0 fully saturated rings. The van der Waals surface area contributed by atoms with Gasteiger partial charge in [0.25, 0.3) is 0 Å². The molecule has 0 aliphatic carbocycles. The molecule has 3 nitrogen and oxygen atoms in total. The number of anilines is 2. The minimum absolute atomic E-state index is 0.900. The van der Waals surface area contributed by atoms with Crippen molar-refractivity contribution < 1.29 is 0 Å². The molecule has 0 N–H and O–H groups in total. The lowest BCUT2D eigenvalue weighted by Crippen LogP contribution is -2.25. The van der Waals surface area contributed by atoms with E-state index in [1.54, 1.807) is 11.8 Å². The molecular formula is C24H25N3S. The van der Waals surface area contributed by atoms with Gasteiger partial charge in [0.05, 0.1) is 0 Å². The van der Waals surface area contributed by atoms with Gasteiger partial charge in [-0.15, -0.1) is 11.8 Å². The van der Waals surface area contributed by atoms with E-state index >= 15 is 0 Å². The Bertz CT molecular complexity index is 982. The Morgan fingerprint density at radius 2 is 1.89 bits per heavy atom. The molecule has 0 bridgehead atoms. The number of nitrogens with zero attached hydrogens (tertiary/aromatic N) is 3. The van der Waals surface area contributed by atoms with Crippen LogP contribution in [0, 0.1) is 6.92 Å². The summed E-state index contributed by atoms with van der Waals surface area (Å²) in [6.45, 7) is 2.96. The van der Waals surface area contributed by atoms with Crippen LogP contribution in [0.2, 0.25) is 0 Å². The standard InChI is InChI=1S/C24H25N3S/c1-18-9-10-21-15-20(6-3-5-19-11-13-25-14-12-19)17-27(24(21)26-18)22-7-4-8-23(16-22)28-2/h4,7-16H,3,5-6,17H2,1-2H3. The number of pyridine rings is 2. The van der Waals surface area contributed by atoms with Gasteiger partial charge in [0.1, 0.15) is 5.82 Å². The topological polar surface area (TPSA) is 29.0 Å². The molecule has 1 aromatic carbocycles. The van der Waals surface area contributed by atoms with Crippen molar-refractivity contribution >= 4 is 29.3 Å². The highest BCUT2D eigenvalue weighted by atomic mass is 32.2. The highest BCUT2D eigenvalue weighted by Crippen LogP contribution is 2.35. The SMILES string of the molecule is CSc1cccc(N2CC(CCCc3ccncc3)=Cc3ccc(C)nc32)c1. The Morgan fingerprint density at radius 1 is 1.04 bits per heavy atom. The quantitative estimate of drug-likeness (QED) is 0.480. The third-order valence-electron chi connectivity index (χ3n) is 5.10. The van der Waals surface area contributed by atoms with Crippen LogP contribution in [-0.2, 0) is 6.42 Å². The van der Waals surface area contributed by atoms with Gasteiger partial charge in [-0.1, -0.05) is 12.1 Å². The van der Waals surface area contributed by atoms with Crippen LogP contribution in [0.1, 0.15) is 29.7 Å². The maximum atomic E-state index is 4.86. The van der Waals surface area contributed by atoms with E-state index in [4.69, 9.17) is 4.98 Å². The van der Waals surface area contributed by atoms with Crippen molar-refractivity contribution in [1.82, 2.24) is 9.97 Å². The van der Waals surface area contributed by atoms with E-state index in [0.29, 0.717) is 0 Å². The smallest absolute Gasteiger partial charge is 0.140 e. The van der Waals surface area contributed by atoms with Crippen LogP contribution in [0.4, 0.5) is 11.5 Å². The predicted octanol–water partition coefficient (Wildman–Crippen LogP) is 6.06. The van der Waals surface area contributed by atoms with Crippen molar-refractivity contribution in [1.29, 1.82) is 0 Å². The zero-order valence-electron chi connectivity index (χ0n) is 16.4. The van der Waals surface area contributed by atoms with Crippen molar-refractivity contribution in [2.75, 3.05) is 17.7 Å². The first-order chi connectivity index (χ1) is 13.7. The molecule has 28 heavy (non-hydrogen) atoms. The van der Waals surface area contributed by atoms with Gasteiger partial charge in [-0.2, -0.15) is 0 Å². The van der Waals surface area contributed by atoms with Crippen molar-refractivity contribution in [2.24, 2.45) is 0 Å². The Hall–Kier alpha value is -2.59. The highest BCUT2D eigenvalue weighted by Gasteiger charge is 2.21. The monoisotopic (exact) mass is 387 g/mol. The second-order valence-electron chi connectivity index (χ2n) is 7.16. The first kappa shape index (κ1) is 18.8. The Balaban J connectivity index is 1.58. The Morgan fingerprint density at radius 3 is 2.71 bits per heavy atom. The number of thioether (sulfide) groups is 1. The second-order valence-corrected chi connectivity index (χ2v) is 8.04. The van der Waals surface area contributed by atoms with Crippen LogP contribution in [0.3, 0.4) is 0 Å². The number of hydrogen-bond acceptors (Lipinski definition) is 4. The molecule has 3 aromatic rings. The summed E-state index contributed by atoms with van der Waals surface area (Å²) in [6.07, 6.45) is 11.5. The number of aryl methyl sites for hydroxylation is 2. The fourth-order valence-electron chi connectivity index (χ4n) is 3.64. The number of fused-ring (bicyclic) bond motifs is 1.